The number of piperazine rings is 1. The minimum atomic E-state index is -0.360. The lowest BCUT2D eigenvalue weighted by Gasteiger charge is -2.42. The number of carbonyl (C=O) groups is 2. The van der Waals surface area contributed by atoms with E-state index in [4.69, 9.17) is 0 Å². The summed E-state index contributed by atoms with van der Waals surface area (Å²) < 4.78 is 0. The highest BCUT2D eigenvalue weighted by molar-refractivity contribution is 5.82. The average Bonchev–Trinajstić information content (AvgIpc) is 2.85. The molecule has 0 saturated carbocycles. The summed E-state index contributed by atoms with van der Waals surface area (Å²) in [6.07, 6.45) is 1.55. The highest BCUT2D eigenvalue weighted by atomic mass is 16.2. The van der Waals surface area contributed by atoms with E-state index in [0.717, 1.165) is 39.0 Å². The smallest absolute Gasteiger partial charge is 0.227 e. The zero-order valence-corrected chi connectivity index (χ0v) is 20.2. The SMILES string of the molecule is CC(C)(C)C(=O)N1CCC(C(=O)N2CCN(C(c3ccccc3)c3ccccc3)CC2)CC1. The topological polar surface area (TPSA) is 43.9 Å². The van der Waals surface area contributed by atoms with Crippen LogP contribution in [0.25, 0.3) is 0 Å². The van der Waals surface area contributed by atoms with E-state index in [0.29, 0.717) is 13.1 Å². The molecule has 0 bridgehead atoms. The summed E-state index contributed by atoms with van der Waals surface area (Å²) in [5.74, 6) is 0.503. The molecule has 0 aliphatic carbocycles. The highest BCUT2D eigenvalue weighted by Gasteiger charge is 2.35. The molecule has 33 heavy (non-hydrogen) atoms. The van der Waals surface area contributed by atoms with Crippen molar-refractivity contribution in [3.63, 3.8) is 0 Å². The van der Waals surface area contributed by atoms with Crippen molar-refractivity contribution in [2.24, 2.45) is 11.3 Å². The largest absolute Gasteiger partial charge is 0.342 e. The number of carbonyl (C=O) groups excluding carboxylic acids is 2. The molecule has 0 spiro atoms. The van der Waals surface area contributed by atoms with Crippen LogP contribution in [0.2, 0.25) is 0 Å². The molecule has 5 heteroatoms. The summed E-state index contributed by atoms with van der Waals surface area (Å²) in [6.45, 7) is 10.5. The van der Waals surface area contributed by atoms with Gasteiger partial charge in [0.2, 0.25) is 11.8 Å². The van der Waals surface area contributed by atoms with Crippen LogP contribution in [-0.4, -0.2) is 65.8 Å². The van der Waals surface area contributed by atoms with E-state index in [1.54, 1.807) is 0 Å². The Bertz CT molecular complexity index is 883. The summed E-state index contributed by atoms with van der Waals surface area (Å²) in [5.41, 5.74) is 2.22. The highest BCUT2D eigenvalue weighted by Crippen LogP contribution is 2.30. The first kappa shape index (κ1) is 23.5. The number of hydrogen-bond acceptors (Lipinski definition) is 3. The van der Waals surface area contributed by atoms with Gasteiger partial charge in [0, 0.05) is 50.6 Å². The lowest BCUT2D eigenvalue weighted by Crippen LogP contribution is -2.53. The van der Waals surface area contributed by atoms with Crippen molar-refractivity contribution in [3.8, 4) is 0 Å². The first-order valence-corrected chi connectivity index (χ1v) is 12.3. The first-order valence-electron chi connectivity index (χ1n) is 12.3. The fourth-order valence-electron chi connectivity index (χ4n) is 5.15. The summed E-state index contributed by atoms with van der Waals surface area (Å²) >= 11 is 0. The van der Waals surface area contributed by atoms with Crippen LogP contribution in [0.15, 0.2) is 60.7 Å². The second kappa shape index (κ2) is 10.1. The Morgan fingerprint density at radius 1 is 0.727 bits per heavy atom. The van der Waals surface area contributed by atoms with E-state index in [2.05, 4.69) is 70.5 Å². The van der Waals surface area contributed by atoms with Crippen LogP contribution in [0.1, 0.15) is 50.8 Å². The summed E-state index contributed by atoms with van der Waals surface area (Å²) in [7, 11) is 0. The van der Waals surface area contributed by atoms with Gasteiger partial charge in [0.25, 0.3) is 0 Å². The average molecular weight is 448 g/mol. The van der Waals surface area contributed by atoms with Gasteiger partial charge in [-0.15, -0.1) is 0 Å². The Labute approximate surface area is 198 Å². The Hall–Kier alpha value is -2.66. The van der Waals surface area contributed by atoms with Crippen molar-refractivity contribution in [1.29, 1.82) is 0 Å². The van der Waals surface area contributed by atoms with E-state index >= 15 is 0 Å². The van der Waals surface area contributed by atoms with Crippen LogP contribution in [0, 0.1) is 11.3 Å². The minimum absolute atomic E-state index is 0.0413. The van der Waals surface area contributed by atoms with Crippen LogP contribution in [0.3, 0.4) is 0 Å². The molecule has 0 radical (unpaired) electrons. The number of amides is 2. The van der Waals surface area contributed by atoms with Gasteiger partial charge in [-0.3, -0.25) is 14.5 Å². The quantitative estimate of drug-likeness (QED) is 0.705. The predicted octanol–water partition coefficient (Wildman–Crippen LogP) is 4.20. The summed E-state index contributed by atoms with van der Waals surface area (Å²) in [4.78, 5) is 32.3. The zero-order valence-electron chi connectivity index (χ0n) is 20.2. The van der Waals surface area contributed by atoms with Gasteiger partial charge in [-0.25, -0.2) is 0 Å². The second-order valence-corrected chi connectivity index (χ2v) is 10.4. The molecule has 0 aromatic heterocycles. The zero-order chi connectivity index (χ0) is 23.4. The van der Waals surface area contributed by atoms with Gasteiger partial charge in [-0.2, -0.15) is 0 Å². The van der Waals surface area contributed by atoms with Crippen LogP contribution in [0.5, 0.6) is 0 Å². The number of benzene rings is 2. The van der Waals surface area contributed by atoms with Gasteiger partial charge in [0.05, 0.1) is 6.04 Å². The van der Waals surface area contributed by atoms with Crippen molar-refractivity contribution in [1.82, 2.24) is 14.7 Å². The molecular weight excluding hydrogens is 410 g/mol. The van der Waals surface area contributed by atoms with Crippen molar-refractivity contribution in [2.45, 2.75) is 39.7 Å². The van der Waals surface area contributed by atoms with Crippen molar-refractivity contribution in [2.75, 3.05) is 39.3 Å². The number of hydrogen-bond donors (Lipinski definition) is 0. The predicted molar refractivity (Wildman–Crippen MR) is 132 cm³/mol. The summed E-state index contributed by atoms with van der Waals surface area (Å²) in [6, 6.07) is 21.5. The van der Waals surface area contributed by atoms with Crippen molar-refractivity contribution in [3.05, 3.63) is 71.8 Å². The molecule has 4 rings (SSSR count). The minimum Gasteiger partial charge on any atom is -0.342 e. The van der Waals surface area contributed by atoms with E-state index in [1.807, 2.05) is 25.7 Å². The summed E-state index contributed by atoms with van der Waals surface area (Å²) in [5, 5.41) is 0. The molecule has 176 valence electrons. The van der Waals surface area contributed by atoms with E-state index in [9.17, 15) is 9.59 Å². The molecule has 2 aromatic carbocycles. The molecule has 0 unspecified atom stereocenters. The van der Waals surface area contributed by atoms with Crippen LogP contribution >= 0.6 is 0 Å². The normalized spacial score (nSPS) is 18.5. The maximum atomic E-state index is 13.2. The van der Waals surface area contributed by atoms with Gasteiger partial charge in [0.1, 0.15) is 0 Å². The van der Waals surface area contributed by atoms with Gasteiger partial charge in [-0.05, 0) is 24.0 Å². The van der Waals surface area contributed by atoms with Gasteiger partial charge in [0.15, 0.2) is 0 Å². The fourth-order valence-corrected chi connectivity index (χ4v) is 5.15. The molecule has 2 aliphatic heterocycles. The molecule has 0 N–H and O–H groups in total. The van der Waals surface area contributed by atoms with Crippen LogP contribution in [0.4, 0.5) is 0 Å². The molecular formula is C28H37N3O2. The molecule has 2 amide bonds. The van der Waals surface area contributed by atoms with Crippen molar-refractivity contribution < 1.29 is 9.59 Å². The van der Waals surface area contributed by atoms with Crippen LogP contribution < -0.4 is 0 Å². The Morgan fingerprint density at radius 2 is 1.21 bits per heavy atom. The van der Waals surface area contributed by atoms with Gasteiger partial charge < -0.3 is 9.80 Å². The first-order chi connectivity index (χ1) is 15.8. The standard InChI is InChI=1S/C28H37N3O2/c1-28(2,3)27(33)31-16-14-24(15-17-31)26(32)30-20-18-29(19-21-30)25(22-10-6-4-7-11-22)23-12-8-5-9-13-23/h4-13,24-25H,14-21H2,1-3H3. The third-order valence-corrected chi connectivity index (χ3v) is 6.99. The van der Waals surface area contributed by atoms with Crippen LogP contribution in [-0.2, 0) is 9.59 Å². The third-order valence-electron chi connectivity index (χ3n) is 6.99. The lowest BCUT2D eigenvalue weighted by atomic mass is 9.90. The molecule has 0 atom stereocenters. The molecule has 2 heterocycles. The third kappa shape index (κ3) is 5.47. The number of likely N-dealkylation sites (tertiary alicyclic amines) is 1. The molecule has 2 saturated heterocycles. The molecule has 5 nitrogen and oxygen atoms in total. The lowest BCUT2D eigenvalue weighted by molar-refractivity contribution is -0.145. The number of piperidine rings is 1. The second-order valence-electron chi connectivity index (χ2n) is 10.4. The fraction of sp³-hybridized carbons (Fsp3) is 0.500. The molecule has 2 fully saturated rings. The van der Waals surface area contributed by atoms with E-state index < -0.39 is 0 Å². The van der Waals surface area contributed by atoms with Gasteiger partial charge >= 0.3 is 0 Å². The molecule has 2 aromatic rings. The van der Waals surface area contributed by atoms with Gasteiger partial charge in [-0.1, -0.05) is 81.4 Å². The van der Waals surface area contributed by atoms with E-state index in [-0.39, 0.29) is 29.2 Å². The Morgan fingerprint density at radius 3 is 1.67 bits per heavy atom. The monoisotopic (exact) mass is 447 g/mol. The maximum Gasteiger partial charge on any atom is 0.227 e. The Kier molecular flexibility index (Phi) is 7.18. The number of rotatable bonds is 4. The number of nitrogens with zero attached hydrogens (tertiary/aromatic N) is 3. The maximum absolute atomic E-state index is 13.2. The van der Waals surface area contributed by atoms with E-state index in [1.165, 1.54) is 11.1 Å². The molecule has 2 aliphatic rings. The van der Waals surface area contributed by atoms with Crippen molar-refractivity contribution >= 4 is 11.8 Å². The Balaban J connectivity index is 1.36.